The lowest BCUT2D eigenvalue weighted by Crippen LogP contribution is -2.35. The van der Waals surface area contributed by atoms with Gasteiger partial charge in [-0.1, -0.05) is 43.0 Å². The van der Waals surface area contributed by atoms with Crippen LogP contribution in [0.25, 0.3) is 0 Å². The molecule has 2 heteroatoms. The van der Waals surface area contributed by atoms with Gasteiger partial charge in [0.1, 0.15) is 0 Å². The molecule has 0 unspecified atom stereocenters. The van der Waals surface area contributed by atoms with E-state index in [-0.39, 0.29) is 0 Å². The Morgan fingerprint density at radius 1 is 1.24 bits per heavy atom. The number of nitrogens with two attached hydrogens (primary N) is 1. The second kappa shape index (κ2) is 5.41. The lowest BCUT2D eigenvalue weighted by molar-refractivity contribution is 0.197. The van der Waals surface area contributed by atoms with Gasteiger partial charge in [-0.3, -0.25) is 0 Å². The quantitative estimate of drug-likeness (QED) is 0.860. The predicted molar refractivity (Wildman–Crippen MR) is 74.5 cm³/mol. The van der Waals surface area contributed by atoms with Crippen molar-refractivity contribution in [3.05, 3.63) is 34.3 Å². The average Bonchev–Trinajstić information content (AvgIpc) is 2.34. The number of hydrogen-bond donors (Lipinski definition) is 1. The Morgan fingerprint density at radius 3 is 2.53 bits per heavy atom. The Balaban J connectivity index is 2.17. The maximum atomic E-state index is 6.33. The number of benzene rings is 1. The van der Waals surface area contributed by atoms with Gasteiger partial charge in [-0.25, -0.2) is 0 Å². The molecule has 1 aliphatic rings. The van der Waals surface area contributed by atoms with Crippen molar-refractivity contribution in [1.82, 2.24) is 0 Å². The van der Waals surface area contributed by atoms with Crippen LogP contribution in [0.2, 0.25) is 5.02 Å². The Hall–Kier alpha value is -0.530. The fourth-order valence-electron chi connectivity index (χ4n) is 2.95. The van der Waals surface area contributed by atoms with Gasteiger partial charge in [0.15, 0.2) is 0 Å². The van der Waals surface area contributed by atoms with Gasteiger partial charge in [0, 0.05) is 5.02 Å². The smallest absolute Gasteiger partial charge is 0.0440 e. The molecule has 1 fully saturated rings. The molecule has 1 nitrogen and oxygen atoms in total. The molecule has 0 spiro atoms. The number of hydrogen-bond acceptors (Lipinski definition) is 1. The van der Waals surface area contributed by atoms with E-state index in [1.165, 1.54) is 43.2 Å². The molecule has 1 aromatic carbocycles. The molecule has 0 amide bonds. The summed E-state index contributed by atoms with van der Waals surface area (Å²) in [6.07, 6.45) is 7.56. The molecule has 17 heavy (non-hydrogen) atoms. The summed E-state index contributed by atoms with van der Waals surface area (Å²) in [6, 6.07) is 6.38. The molecule has 2 rings (SSSR count). The van der Waals surface area contributed by atoms with Crippen molar-refractivity contribution in [1.29, 1.82) is 0 Å². The predicted octanol–water partition coefficient (Wildman–Crippen LogP) is 4.10. The van der Waals surface area contributed by atoms with Gasteiger partial charge in [-0.05, 0) is 55.3 Å². The number of rotatable bonds is 3. The summed E-state index contributed by atoms with van der Waals surface area (Å²) in [4.78, 5) is 0. The SMILES string of the molecule is Cc1ccc(CC2(CN)CCCCC2)c(Cl)c1. The van der Waals surface area contributed by atoms with Gasteiger partial charge in [0.2, 0.25) is 0 Å². The molecule has 0 saturated heterocycles. The molecular formula is C15H22ClN. The lowest BCUT2D eigenvalue weighted by Gasteiger charge is -2.36. The highest BCUT2D eigenvalue weighted by molar-refractivity contribution is 6.31. The van der Waals surface area contributed by atoms with Crippen LogP contribution in [0.1, 0.15) is 43.2 Å². The Morgan fingerprint density at radius 2 is 1.94 bits per heavy atom. The second-order valence-corrected chi connectivity index (χ2v) is 5.94. The van der Waals surface area contributed by atoms with E-state index in [9.17, 15) is 0 Å². The van der Waals surface area contributed by atoms with Crippen molar-refractivity contribution < 1.29 is 0 Å². The molecule has 0 radical (unpaired) electrons. The normalized spacial score (nSPS) is 19.2. The van der Waals surface area contributed by atoms with Gasteiger partial charge in [-0.2, -0.15) is 0 Å². The van der Waals surface area contributed by atoms with Crippen LogP contribution in [0.3, 0.4) is 0 Å². The van der Waals surface area contributed by atoms with Crippen LogP contribution in [0.5, 0.6) is 0 Å². The summed E-state index contributed by atoms with van der Waals surface area (Å²) in [5, 5.41) is 0.906. The first kappa shape index (κ1) is 12.9. The minimum Gasteiger partial charge on any atom is -0.330 e. The van der Waals surface area contributed by atoms with Gasteiger partial charge in [-0.15, -0.1) is 0 Å². The van der Waals surface area contributed by atoms with Gasteiger partial charge in [0.05, 0.1) is 0 Å². The van der Waals surface area contributed by atoms with E-state index in [1.807, 2.05) is 0 Å². The van der Waals surface area contributed by atoms with Crippen LogP contribution in [0.15, 0.2) is 18.2 Å². The van der Waals surface area contributed by atoms with E-state index in [0.717, 1.165) is 18.0 Å². The zero-order valence-electron chi connectivity index (χ0n) is 10.6. The summed E-state index contributed by atoms with van der Waals surface area (Å²) in [6.45, 7) is 2.87. The largest absolute Gasteiger partial charge is 0.330 e. The standard InChI is InChI=1S/C15H22ClN/c1-12-5-6-13(14(16)9-12)10-15(11-17)7-3-2-4-8-15/h5-6,9H,2-4,7-8,10-11,17H2,1H3. The highest BCUT2D eigenvalue weighted by Gasteiger charge is 2.31. The van der Waals surface area contributed by atoms with E-state index < -0.39 is 0 Å². The first-order valence-corrected chi connectivity index (χ1v) is 6.98. The minimum absolute atomic E-state index is 0.303. The molecule has 0 heterocycles. The summed E-state index contributed by atoms with van der Waals surface area (Å²) in [5.74, 6) is 0. The van der Waals surface area contributed by atoms with Crippen LogP contribution >= 0.6 is 11.6 Å². The van der Waals surface area contributed by atoms with Crippen LogP contribution < -0.4 is 5.73 Å². The second-order valence-electron chi connectivity index (χ2n) is 5.54. The van der Waals surface area contributed by atoms with E-state index in [1.54, 1.807) is 0 Å². The van der Waals surface area contributed by atoms with Crippen molar-refractivity contribution in [2.24, 2.45) is 11.1 Å². The zero-order chi connectivity index (χ0) is 12.3. The summed E-state index contributed by atoms with van der Waals surface area (Å²) in [7, 11) is 0. The first-order valence-electron chi connectivity index (χ1n) is 6.60. The molecule has 0 bridgehead atoms. The average molecular weight is 252 g/mol. The molecule has 94 valence electrons. The van der Waals surface area contributed by atoms with Crippen molar-refractivity contribution in [3.63, 3.8) is 0 Å². The fraction of sp³-hybridized carbons (Fsp3) is 0.600. The van der Waals surface area contributed by atoms with Crippen LogP contribution in [0, 0.1) is 12.3 Å². The van der Waals surface area contributed by atoms with E-state index in [4.69, 9.17) is 17.3 Å². The van der Waals surface area contributed by atoms with Crippen LogP contribution in [0.4, 0.5) is 0 Å². The van der Waals surface area contributed by atoms with Gasteiger partial charge < -0.3 is 5.73 Å². The molecule has 1 aliphatic carbocycles. The molecular weight excluding hydrogens is 230 g/mol. The highest BCUT2D eigenvalue weighted by atomic mass is 35.5. The third-order valence-electron chi connectivity index (χ3n) is 4.12. The zero-order valence-corrected chi connectivity index (χ0v) is 11.4. The van der Waals surface area contributed by atoms with Crippen molar-refractivity contribution in [3.8, 4) is 0 Å². The summed E-state index contributed by atoms with van der Waals surface area (Å²) in [5.41, 5.74) is 8.82. The van der Waals surface area contributed by atoms with Crippen LogP contribution in [-0.4, -0.2) is 6.54 Å². The molecule has 1 aromatic rings. The molecule has 1 saturated carbocycles. The molecule has 0 aromatic heterocycles. The lowest BCUT2D eigenvalue weighted by atomic mass is 9.70. The number of aryl methyl sites for hydroxylation is 1. The third kappa shape index (κ3) is 3.02. The monoisotopic (exact) mass is 251 g/mol. The topological polar surface area (TPSA) is 26.0 Å². The van der Waals surface area contributed by atoms with E-state index >= 15 is 0 Å². The van der Waals surface area contributed by atoms with Crippen molar-refractivity contribution in [2.75, 3.05) is 6.54 Å². The van der Waals surface area contributed by atoms with Crippen molar-refractivity contribution in [2.45, 2.75) is 45.4 Å². The molecule has 0 atom stereocenters. The minimum atomic E-state index is 0.303. The Bertz CT molecular complexity index is 381. The van der Waals surface area contributed by atoms with E-state index in [2.05, 4.69) is 25.1 Å². The highest BCUT2D eigenvalue weighted by Crippen LogP contribution is 2.39. The third-order valence-corrected chi connectivity index (χ3v) is 4.47. The van der Waals surface area contributed by atoms with Gasteiger partial charge >= 0.3 is 0 Å². The number of halogens is 1. The fourth-order valence-corrected chi connectivity index (χ4v) is 3.26. The molecule has 0 aliphatic heterocycles. The summed E-state index contributed by atoms with van der Waals surface area (Å²) >= 11 is 6.33. The van der Waals surface area contributed by atoms with Crippen LogP contribution in [-0.2, 0) is 6.42 Å². The molecule has 2 N–H and O–H groups in total. The van der Waals surface area contributed by atoms with E-state index in [0.29, 0.717) is 5.41 Å². The maximum Gasteiger partial charge on any atom is 0.0440 e. The first-order chi connectivity index (χ1) is 8.15. The Labute approximate surface area is 109 Å². The van der Waals surface area contributed by atoms with Crippen molar-refractivity contribution >= 4 is 11.6 Å². The Kier molecular flexibility index (Phi) is 4.11. The maximum absolute atomic E-state index is 6.33. The van der Waals surface area contributed by atoms with Gasteiger partial charge in [0.25, 0.3) is 0 Å². The summed E-state index contributed by atoms with van der Waals surface area (Å²) < 4.78 is 0.